The Balaban J connectivity index is 2.41. The maximum absolute atomic E-state index is 12.1. The minimum atomic E-state index is -3.32. The SMILES string of the molecule is COCCCCCCCS(=O)(=O)c1ccc(C(=O)O)cc1. The molecule has 0 aromatic heterocycles. The molecule has 6 heteroatoms. The fourth-order valence-corrected chi connectivity index (χ4v) is 3.36. The molecule has 0 atom stereocenters. The molecular formula is C15H22O5S. The van der Waals surface area contributed by atoms with Gasteiger partial charge in [-0.1, -0.05) is 19.3 Å². The summed E-state index contributed by atoms with van der Waals surface area (Å²) in [5.41, 5.74) is 0.0899. The molecule has 0 heterocycles. The highest BCUT2D eigenvalue weighted by atomic mass is 32.2. The lowest BCUT2D eigenvalue weighted by Crippen LogP contribution is -2.07. The molecule has 21 heavy (non-hydrogen) atoms. The first-order chi connectivity index (χ1) is 9.97. The molecule has 0 aliphatic heterocycles. The second kappa shape index (κ2) is 8.79. The number of methoxy groups -OCH3 is 1. The van der Waals surface area contributed by atoms with E-state index in [1.807, 2.05) is 0 Å². The Bertz CT molecular complexity index is 534. The summed E-state index contributed by atoms with van der Waals surface area (Å²) >= 11 is 0. The fourth-order valence-electron chi connectivity index (χ4n) is 1.99. The van der Waals surface area contributed by atoms with Gasteiger partial charge in [0.25, 0.3) is 0 Å². The summed E-state index contributed by atoms with van der Waals surface area (Å²) in [4.78, 5) is 10.9. The third kappa shape index (κ3) is 6.27. The molecule has 0 amide bonds. The summed E-state index contributed by atoms with van der Waals surface area (Å²) in [6.07, 6.45) is 4.53. The molecule has 5 nitrogen and oxygen atoms in total. The van der Waals surface area contributed by atoms with E-state index in [0.717, 1.165) is 32.3 Å². The van der Waals surface area contributed by atoms with Crippen molar-refractivity contribution >= 4 is 15.8 Å². The Labute approximate surface area is 125 Å². The number of aromatic carboxylic acids is 1. The third-order valence-electron chi connectivity index (χ3n) is 3.22. The number of rotatable bonds is 10. The molecule has 0 saturated heterocycles. The van der Waals surface area contributed by atoms with E-state index in [9.17, 15) is 13.2 Å². The van der Waals surface area contributed by atoms with Crippen LogP contribution in [-0.2, 0) is 14.6 Å². The average Bonchev–Trinajstić information content (AvgIpc) is 2.46. The molecular weight excluding hydrogens is 292 g/mol. The monoisotopic (exact) mass is 314 g/mol. The van der Waals surface area contributed by atoms with Gasteiger partial charge in [0.1, 0.15) is 0 Å². The molecule has 0 unspecified atom stereocenters. The number of hydrogen-bond donors (Lipinski definition) is 1. The van der Waals surface area contributed by atoms with Gasteiger partial charge in [-0.3, -0.25) is 0 Å². The highest BCUT2D eigenvalue weighted by molar-refractivity contribution is 7.91. The highest BCUT2D eigenvalue weighted by Crippen LogP contribution is 2.15. The molecule has 0 aliphatic rings. The number of hydrogen-bond acceptors (Lipinski definition) is 4. The van der Waals surface area contributed by atoms with Crippen molar-refractivity contribution in [2.75, 3.05) is 19.5 Å². The Morgan fingerprint density at radius 2 is 1.62 bits per heavy atom. The summed E-state index contributed by atoms with van der Waals surface area (Å²) < 4.78 is 29.1. The number of ether oxygens (including phenoxy) is 1. The quantitative estimate of drug-likeness (QED) is 0.672. The van der Waals surface area contributed by atoms with Crippen molar-refractivity contribution in [3.63, 3.8) is 0 Å². The van der Waals surface area contributed by atoms with Gasteiger partial charge >= 0.3 is 5.97 Å². The van der Waals surface area contributed by atoms with Crippen LogP contribution in [0.4, 0.5) is 0 Å². The number of carbonyl (C=O) groups is 1. The van der Waals surface area contributed by atoms with Crippen LogP contribution < -0.4 is 0 Å². The van der Waals surface area contributed by atoms with Gasteiger partial charge in [0.15, 0.2) is 9.84 Å². The third-order valence-corrected chi connectivity index (χ3v) is 5.04. The second-order valence-electron chi connectivity index (χ2n) is 4.91. The predicted molar refractivity (Wildman–Crippen MR) is 80.4 cm³/mol. The minimum absolute atomic E-state index is 0.0899. The zero-order valence-corrected chi connectivity index (χ0v) is 13.1. The van der Waals surface area contributed by atoms with Crippen molar-refractivity contribution in [1.82, 2.24) is 0 Å². The molecule has 0 fully saturated rings. The van der Waals surface area contributed by atoms with E-state index in [2.05, 4.69) is 0 Å². The normalized spacial score (nSPS) is 11.5. The van der Waals surface area contributed by atoms with Crippen LogP contribution >= 0.6 is 0 Å². The standard InChI is InChI=1S/C15H22O5S/c1-20-11-5-3-2-4-6-12-21(18,19)14-9-7-13(8-10-14)15(16)17/h7-10H,2-6,11-12H2,1H3,(H,16,17). The Hall–Kier alpha value is -1.40. The molecule has 0 aliphatic carbocycles. The second-order valence-corrected chi connectivity index (χ2v) is 7.02. The van der Waals surface area contributed by atoms with Crippen LogP contribution in [0.5, 0.6) is 0 Å². The van der Waals surface area contributed by atoms with E-state index in [-0.39, 0.29) is 16.2 Å². The molecule has 0 saturated carbocycles. The molecule has 118 valence electrons. The lowest BCUT2D eigenvalue weighted by atomic mass is 10.2. The highest BCUT2D eigenvalue weighted by Gasteiger charge is 2.14. The summed E-state index contributed by atoms with van der Waals surface area (Å²) in [7, 11) is -1.65. The Kier molecular flexibility index (Phi) is 7.39. The first kappa shape index (κ1) is 17.7. The maximum Gasteiger partial charge on any atom is 0.335 e. The van der Waals surface area contributed by atoms with Crippen molar-refractivity contribution in [2.24, 2.45) is 0 Å². The maximum atomic E-state index is 12.1. The molecule has 0 spiro atoms. The molecule has 1 N–H and O–H groups in total. The van der Waals surface area contributed by atoms with Crippen LogP contribution in [0.2, 0.25) is 0 Å². The molecule has 0 radical (unpaired) electrons. The summed E-state index contributed by atoms with van der Waals surface area (Å²) in [5.74, 6) is -0.959. The van der Waals surface area contributed by atoms with Gasteiger partial charge in [0, 0.05) is 13.7 Å². The van der Waals surface area contributed by atoms with E-state index in [1.54, 1.807) is 7.11 Å². The number of benzene rings is 1. The van der Waals surface area contributed by atoms with Gasteiger partial charge < -0.3 is 9.84 Å². The smallest absolute Gasteiger partial charge is 0.335 e. The van der Waals surface area contributed by atoms with E-state index in [0.29, 0.717) is 6.42 Å². The zero-order valence-electron chi connectivity index (χ0n) is 12.2. The molecule has 0 bridgehead atoms. The van der Waals surface area contributed by atoms with Gasteiger partial charge in [0.2, 0.25) is 0 Å². The fraction of sp³-hybridized carbons (Fsp3) is 0.533. The number of unbranched alkanes of at least 4 members (excludes halogenated alkanes) is 4. The van der Waals surface area contributed by atoms with E-state index >= 15 is 0 Å². The van der Waals surface area contributed by atoms with Crippen LogP contribution in [0.1, 0.15) is 42.5 Å². The largest absolute Gasteiger partial charge is 0.478 e. The van der Waals surface area contributed by atoms with Gasteiger partial charge in [-0.05, 0) is 37.1 Å². The first-order valence-electron chi connectivity index (χ1n) is 7.02. The van der Waals surface area contributed by atoms with E-state index in [4.69, 9.17) is 9.84 Å². The summed E-state index contributed by atoms with van der Waals surface area (Å²) in [6.45, 7) is 0.744. The number of sulfone groups is 1. The van der Waals surface area contributed by atoms with Crippen LogP contribution in [0, 0.1) is 0 Å². The Morgan fingerprint density at radius 3 is 2.19 bits per heavy atom. The van der Waals surface area contributed by atoms with Crippen molar-refractivity contribution in [2.45, 2.75) is 37.0 Å². The number of carboxylic acid groups (broad SMARTS) is 1. The lowest BCUT2D eigenvalue weighted by Gasteiger charge is -2.05. The van der Waals surface area contributed by atoms with Crippen molar-refractivity contribution in [3.8, 4) is 0 Å². The van der Waals surface area contributed by atoms with E-state index in [1.165, 1.54) is 24.3 Å². The van der Waals surface area contributed by atoms with Crippen LogP contribution in [0.3, 0.4) is 0 Å². The first-order valence-corrected chi connectivity index (χ1v) is 8.67. The van der Waals surface area contributed by atoms with Crippen LogP contribution in [0.25, 0.3) is 0 Å². The van der Waals surface area contributed by atoms with Crippen LogP contribution in [0.15, 0.2) is 29.2 Å². The predicted octanol–water partition coefficient (Wildman–Crippen LogP) is 2.76. The number of carboxylic acids is 1. The van der Waals surface area contributed by atoms with Gasteiger partial charge in [-0.25, -0.2) is 13.2 Å². The van der Waals surface area contributed by atoms with Gasteiger partial charge in [-0.15, -0.1) is 0 Å². The average molecular weight is 314 g/mol. The minimum Gasteiger partial charge on any atom is -0.478 e. The van der Waals surface area contributed by atoms with Crippen molar-refractivity contribution in [1.29, 1.82) is 0 Å². The molecule has 1 aromatic carbocycles. The van der Waals surface area contributed by atoms with Crippen LogP contribution in [-0.4, -0.2) is 39.0 Å². The molecule has 1 rings (SSSR count). The van der Waals surface area contributed by atoms with Gasteiger partial charge in [0.05, 0.1) is 16.2 Å². The summed E-state index contributed by atoms with van der Waals surface area (Å²) in [6, 6.07) is 5.36. The zero-order chi connectivity index (χ0) is 15.7. The van der Waals surface area contributed by atoms with Gasteiger partial charge in [-0.2, -0.15) is 0 Å². The summed E-state index contributed by atoms with van der Waals surface area (Å²) in [5, 5.41) is 8.78. The van der Waals surface area contributed by atoms with Crippen molar-refractivity contribution < 1.29 is 23.1 Å². The molecule has 1 aromatic rings. The Morgan fingerprint density at radius 1 is 1.05 bits per heavy atom. The van der Waals surface area contributed by atoms with E-state index < -0.39 is 15.8 Å². The lowest BCUT2D eigenvalue weighted by molar-refractivity contribution is 0.0696. The van der Waals surface area contributed by atoms with Crippen molar-refractivity contribution in [3.05, 3.63) is 29.8 Å². The topological polar surface area (TPSA) is 80.7 Å².